The number of methoxy groups -OCH3 is 3. The minimum absolute atomic E-state index is 0.213. The van der Waals surface area contributed by atoms with Gasteiger partial charge < -0.3 is 18.8 Å². The van der Waals surface area contributed by atoms with Gasteiger partial charge in [-0.05, 0) is 0 Å². The summed E-state index contributed by atoms with van der Waals surface area (Å²) in [6, 6.07) is 5.73. The van der Waals surface area contributed by atoms with Crippen molar-refractivity contribution in [1.29, 1.82) is 5.26 Å². The maximum atomic E-state index is 8.92. The fourth-order valence-corrected chi connectivity index (χ4v) is 1.99. The van der Waals surface area contributed by atoms with E-state index >= 15 is 0 Å². The second-order valence-corrected chi connectivity index (χ2v) is 3.90. The molecule has 0 aliphatic carbocycles. The highest BCUT2D eigenvalue weighted by Crippen LogP contribution is 2.32. The molecule has 1 aromatic carbocycles. The zero-order chi connectivity index (χ0) is 13.8. The molecule has 0 aliphatic heterocycles. The van der Waals surface area contributed by atoms with E-state index in [9.17, 15) is 0 Å². The van der Waals surface area contributed by atoms with Crippen LogP contribution in [0.5, 0.6) is 11.5 Å². The number of ether oxygens (including phenoxy) is 3. The van der Waals surface area contributed by atoms with Crippen molar-refractivity contribution in [2.45, 2.75) is 13.2 Å². The Morgan fingerprint density at radius 3 is 2.47 bits per heavy atom. The molecule has 6 nitrogen and oxygen atoms in total. The van der Waals surface area contributed by atoms with Gasteiger partial charge in [0.15, 0.2) is 11.5 Å². The van der Waals surface area contributed by atoms with Gasteiger partial charge in [-0.1, -0.05) is 0 Å². The molecule has 0 spiro atoms. The molecule has 0 atom stereocenters. The lowest BCUT2D eigenvalue weighted by Crippen LogP contribution is -2.03. The number of imidazole rings is 1. The second kappa shape index (κ2) is 5.59. The van der Waals surface area contributed by atoms with Gasteiger partial charge in [0.2, 0.25) is 0 Å². The molecule has 0 N–H and O–H groups in total. The molecule has 0 radical (unpaired) electrons. The molecule has 1 heterocycles. The van der Waals surface area contributed by atoms with Gasteiger partial charge in [0.05, 0.1) is 31.3 Å². The summed E-state index contributed by atoms with van der Waals surface area (Å²) in [6.45, 7) is 0.561. The molecule has 100 valence electrons. The summed E-state index contributed by atoms with van der Waals surface area (Å²) in [5, 5.41) is 8.92. The number of rotatable bonds is 5. The van der Waals surface area contributed by atoms with Crippen molar-refractivity contribution in [1.82, 2.24) is 9.55 Å². The molecule has 0 aliphatic rings. The van der Waals surface area contributed by atoms with Crippen molar-refractivity contribution in [3.05, 3.63) is 18.0 Å². The predicted molar refractivity (Wildman–Crippen MR) is 69.2 cm³/mol. The number of nitrogens with zero attached hydrogens (tertiary/aromatic N) is 3. The summed E-state index contributed by atoms with van der Waals surface area (Å²) in [6.07, 6.45) is 0. The van der Waals surface area contributed by atoms with E-state index in [-0.39, 0.29) is 6.54 Å². The maximum absolute atomic E-state index is 8.92. The average Bonchev–Trinajstić information content (AvgIpc) is 2.75. The molecule has 19 heavy (non-hydrogen) atoms. The van der Waals surface area contributed by atoms with Gasteiger partial charge in [0.25, 0.3) is 0 Å². The van der Waals surface area contributed by atoms with Crippen molar-refractivity contribution in [3.8, 4) is 17.6 Å². The number of aromatic nitrogens is 2. The Hall–Kier alpha value is -2.26. The van der Waals surface area contributed by atoms with Crippen LogP contribution < -0.4 is 9.47 Å². The Balaban J connectivity index is 2.66. The van der Waals surface area contributed by atoms with Crippen LogP contribution in [0.4, 0.5) is 0 Å². The number of hydrogen-bond acceptors (Lipinski definition) is 5. The Morgan fingerprint density at radius 2 is 1.89 bits per heavy atom. The number of hydrogen-bond donors (Lipinski definition) is 0. The van der Waals surface area contributed by atoms with Gasteiger partial charge in [0.1, 0.15) is 19.0 Å². The van der Waals surface area contributed by atoms with E-state index in [1.165, 1.54) is 0 Å². The first-order valence-corrected chi connectivity index (χ1v) is 5.72. The van der Waals surface area contributed by atoms with Gasteiger partial charge in [-0.25, -0.2) is 4.98 Å². The molecule has 0 saturated carbocycles. The van der Waals surface area contributed by atoms with Crippen LogP contribution >= 0.6 is 0 Å². The van der Waals surface area contributed by atoms with Gasteiger partial charge in [0, 0.05) is 19.2 Å². The summed E-state index contributed by atoms with van der Waals surface area (Å²) in [5.41, 5.74) is 1.58. The molecular formula is C13H15N3O3. The summed E-state index contributed by atoms with van der Waals surface area (Å²) in [5.74, 6) is 1.92. The fourth-order valence-electron chi connectivity index (χ4n) is 1.99. The smallest absolute Gasteiger partial charge is 0.163 e. The van der Waals surface area contributed by atoms with E-state index in [0.717, 1.165) is 11.0 Å². The van der Waals surface area contributed by atoms with Crippen molar-refractivity contribution in [2.75, 3.05) is 21.3 Å². The second-order valence-electron chi connectivity index (χ2n) is 3.90. The van der Waals surface area contributed by atoms with Crippen molar-refractivity contribution >= 4 is 11.0 Å². The predicted octanol–water partition coefficient (Wildman–Crippen LogP) is 1.72. The van der Waals surface area contributed by atoms with Gasteiger partial charge in [-0.3, -0.25) is 0 Å². The van der Waals surface area contributed by atoms with Crippen molar-refractivity contribution in [3.63, 3.8) is 0 Å². The van der Waals surface area contributed by atoms with Crippen molar-refractivity contribution in [2.24, 2.45) is 0 Å². The standard InChI is InChI=1S/C13H15N3O3/c1-17-8-13-15-9-6-11(18-2)12(19-3)7-10(9)16(13)5-4-14/h6-7H,5,8H2,1-3H3. The van der Waals surface area contributed by atoms with Crippen LogP contribution in [0.15, 0.2) is 12.1 Å². The first-order valence-electron chi connectivity index (χ1n) is 5.72. The highest BCUT2D eigenvalue weighted by Gasteiger charge is 2.14. The number of benzene rings is 1. The van der Waals surface area contributed by atoms with Gasteiger partial charge in [-0.2, -0.15) is 5.26 Å². The number of nitriles is 1. The molecule has 2 aromatic rings. The van der Waals surface area contributed by atoms with Crippen LogP contribution in [0.1, 0.15) is 5.82 Å². The van der Waals surface area contributed by atoms with E-state index in [2.05, 4.69) is 11.1 Å². The molecule has 0 bridgehead atoms. The third-order valence-electron chi connectivity index (χ3n) is 2.83. The minimum atomic E-state index is 0.213. The monoisotopic (exact) mass is 261 g/mol. The molecule has 2 rings (SSSR count). The molecule has 0 amide bonds. The summed E-state index contributed by atoms with van der Waals surface area (Å²) in [7, 11) is 4.74. The summed E-state index contributed by atoms with van der Waals surface area (Å²) in [4.78, 5) is 4.46. The zero-order valence-electron chi connectivity index (χ0n) is 11.1. The first kappa shape index (κ1) is 13.2. The van der Waals surface area contributed by atoms with Crippen LogP contribution in [0.25, 0.3) is 11.0 Å². The zero-order valence-corrected chi connectivity index (χ0v) is 11.1. The van der Waals surface area contributed by atoms with Crippen LogP contribution in [-0.4, -0.2) is 30.9 Å². The van der Waals surface area contributed by atoms with Gasteiger partial charge in [-0.15, -0.1) is 0 Å². The molecule has 0 fully saturated rings. The lowest BCUT2D eigenvalue weighted by atomic mass is 10.2. The highest BCUT2D eigenvalue weighted by molar-refractivity contribution is 5.80. The van der Waals surface area contributed by atoms with E-state index < -0.39 is 0 Å². The Bertz CT molecular complexity index is 628. The lowest BCUT2D eigenvalue weighted by Gasteiger charge is -2.08. The molecule has 0 saturated heterocycles. The number of fused-ring (bicyclic) bond motifs is 1. The lowest BCUT2D eigenvalue weighted by molar-refractivity contribution is 0.175. The third kappa shape index (κ3) is 2.33. The first-order chi connectivity index (χ1) is 9.24. The topological polar surface area (TPSA) is 69.3 Å². The van der Waals surface area contributed by atoms with E-state index in [1.54, 1.807) is 32.0 Å². The molecule has 1 aromatic heterocycles. The highest BCUT2D eigenvalue weighted by atomic mass is 16.5. The van der Waals surface area contributed by atoms with Crippen LogP contribution in [-0.2, 0) is 17.9 Å². The largest absolute Gasteiger partial charge is 0.493 e. The van der Waals surface area contributed by atoms with Crippen LogP contribution in [0, 0.1) is 11.3 Å². The molecule has 0 unspecified atom stereocenters. The summed E-state index contributed by atoms with van der Waals surface area (Å²) < 4.78 is 17.4. The Labute approximate surface area is 111 Å². The molecule has 6 heteroatoms. The van der Waals surface area contributed by atoms with Crippen LogP contribution in [0.2, 0.25) is 0 Å². The van der Waals surface area contributed by atoms with Crippen molar-refractivity contribution < 1.29 is 14.2 Å². The normalized spacial score (nSPS) is 10.4. The fraction of sp³-hybridized carbons (Fsp3) is 0.385. The Kier molecular flexibility index (Phi) is 3.88. The average molecular weight is 261 g/mol. The molecular weight excluding hydrogens is 246 g/mol. The third-order valence-corrected chi connectivity index (χ3v) is 2.83. The Morgan fingerprint density at radius 1 is 1.21 bits per heavy atom. The van der Waals surface area contributed by atoms with E-state index in [0.29, 0.717) is 23.9 Å². The maximum Gasteiger partial charge on any atom is 0.163 e. The van der Waals surface area contributed by atoms with Crippen LogP contribution in [0.3, 0.4) is 0 Å². The quantitative estimate of drug-likeness (QED) is 0.819. The van der Waals surface area contributed by atoms with E-state index in [4.69, 9.17) is 19.5 Å². The summed E-state index contributed by atoms with van der Waals surface area (Å²) >= 11 is 0. The van der Waals surface area contributed by atoms with E-state index in [1.807, 2.05) is 6.07 Å². The minimum Gasteiger partial charge on any atom is -0.493 e. The SMILES string of the molecule is COCc1nc2cc(OC)c(OC)cc2n1CC#N. The van der Waals surface area contributed by atoms with Gasteiger partial charge >= 0.3 is 0 Å².